The highest BCUT2D eigenvalue weighted by molar-refractivity contribution is 6.31. The van der Waals surface area contributed by atoms with Gasteiger partial charge in [0.1, 0.15) is 18.5 Å². The van der Waals surface area contributed by atoms with E-state index in [1.807, 2.05) is 25.1 Å². The first-order valence-corrected chi connectivity index (χ1v) is 8.03. The van der Waals surface area contributed by atoms with Gasteiger partial charge in [0.05, 0.1) is 0 Å². The van der Waals surface area contributed by atoms with Crippen LogP contribution in [0.5, 0.6) is 5.75 Å². The van der Waals surface area contributed by atoms with E-state index in [-0.39, 0.29) is 6.61 Å². The molecule has 1 aliphatic rings. The zero-order valence-corrected chi connectivity index (χ0v) is 13.4. The fourth-order valence-electron chi connectivity index (χ4n) is 2.47. The summed E-state index contributed by atoms with van der Waals surface area (Å²) in [7, 11) is 0. The summed E-state index contributed by atoms with van der Waals surface area (Å²) in [6, 6.07) is 5.52. The number of rotatable bonds is 8. The first-order chi connectivity index (χ1) is 10.1. The van der Waals surface area contributed by atoms with Crippen LogP contribution in [0.1, 0.15) is 18.4 Å². The van der Waals surface area contributed by atoms with Gasteiger partial charge in [0.25, 0.3) is 0 Å². The molecule has 0 spiro atoms. The maximum absolute atomic E-state index is 9.90. The van der Waals surface area contributed by atoms with Gasteiger partial charge in [0, 0.05) is 24.7 Å². The summed E-state index contributed by atoms with van der Waals surface area (Å²) >= 11 is 5.96. The molecule has 0 aromatic heterocycles. The van der Waals surface area contributed by atoms with Gasteiger partial charge in [-0.05, 0) is 56.6 Å². The normalized spacial score (nSPS) is 17.1. The molecule has 0 aliphatic carbocycles. The minimum atomic E-state index is -0.500. The molecule has 1 heterocycles. The van der Waals surface area contributed by atoms with Gasteiger partial charge >= 0.3 is 0 Å². The van der Waals surface area contributed by atoms with Crippen molar-refractivity contribution in [1.82, 2.24) is 10.2 Å². The smallest absolute Gasteiger partial charge is 0.119 e. The first kappa shape index (κ1) is 16.6. The van der Waals surface area contributed by atoms with Crippen LogP contribution in [-0.4, -0.2) is 55.4 Å². The lowest BCUT2D eigenvalue weighted by atomic mass is 10.2. The van der Waals surface area contributed by atoms with Crippen LogP contribution in [0.15, 0.2) is 18.2 Å². The van der Waals surface area contributed by atoms with Gasteiger partial charge in [0.2, 0.25) is 0 Å². The van der Waals surface area contributed by atoms with Crippen molar-refractivity contribution in [1.29, 1.82) is 0 Å². The van der Waals surface area contributed by atoms with Crippen LogP contribution in [0, 0.1) is 6.92 Å². The number of likely N-dealkylation sites (tertiary alicyclic amines) is 1. The second-order valence-corrected chi connectivity index (χ2v) is 6.04. The lowest BCUT2D eigenvalue weighted by Crippen LogP contribution is -2.36. The summed E-state index contributed by atoms with van der Waals surface area (Å²) in [6.45, 7) is 7.18. The van der Waals surface area contributed by atoms with E-state index >= 15 is 0 Å². The molecule has 1 atom stereocenters. The molecule has 0 amide bonds. The Morgan fingerprint density at radius 3 is 2.86 bits per heavy atom. The molecule has 1 unspecified atom stereocenters. The van der Waals surface area contributed by atoms with Crippen molar-refractivity contribution in [2.45, 2.75) is 25.9 Å². The van der Waals surface area contributed by atoms with Crippen LogP contribution in [0.3, 0.4) is 0 Å². The van der Waals surface area contributed by atoms with Crippen molar-refractivity contribution >= 4 is 11.6 Å². The molecule has 4 nitrogen and oxygen atoms in total. The summed E-state index contributed by atoms with van der Waals surface area (Å²) in [6.07, 6.45) is 2.13. The Morgan fingerprint density at radius 1 is 1.38 bits per heavy atom. The predicted molar refractivity (Wildman–Crippen MR) is 86.2 cm³/mol. The van der Waals surface area contributed by atoms with Gasteiger partial charge in [-0.25, -0.2) is 0 Å². The topological polar surface area (TPSA) is 44.7 Å². The zero-order chi connectivity index (χ0) is 15.1. The maximum atomic E-state index is 9.90. The predicted octanol–water partition coefficient (Wildman–Crippen LogP) is 2.07. The molecule has 1 fully saturated rings. The van der Waals surface area contributed by atoms with E-state index in [9.17, 15) is 5.11 Å². The Labute approximate surface area is 132 Å². The van der Waals surface area contributed by atoms with E-state index in [0.717, 1.165) is 29.4 Å². The van der Waals surface area contributed by atoms with E-state index < -0.39 is 6.10 Å². The molecule has 118 valence electrons. The highest BCUT2D eigenvalue weighted by Crippen LogP contribution is 2.21. The molecule has 0 saturated carbocycles. The van der Waals surface area contributed by atoms with E-state index in [1.165, 1.54) is 25.9 Å². The number of aryl methyl sites for hydroxylation is 1. The summed E-state index contributed by atoms with van der Waals surface area (Å²) < 4.78 is 5.58. The number of aliphatic hydroxyl groups excluding tert-OH is 1. The van der Waals surface area contributed by atoms with E-state index in [0.29, 0.717) is 6.54 Å². The molecular formula is C16H25ClN2O2. The summed E-state index contributed by atoms with van der Waals surface area (Å²) in [5.41, 5.74) is 0.979. The Kier molecular flexibility index (Phi) is 6.77. The molecule has 1 saturated heterocycles. The van der Waals surface area contributed by atoms with Crippen LogP contribution in [-0.2, 0) is 0 Å². The van der Waals surface area contributed by atoms with Gasteiger partial charge < -0.3 is 20.1 Å². The van der Waals surface area contributed by atoms with Gasteiger partial charge in [-0.3, -0.25) is 0 Å². The lowest BCUT2D eigenvalue weighted by Gasteiger charge is -2.17. The van der Waals surface area contributed by atoms with Crippen molar-refractivity contribution in [3.8, 4) is 5.75 Å². The fraction of sp³-hybridized carbons (Fsp3) is 0.625. The number of nitrogens with one attached hydrogen (secondary N) is 1. The molecular weight excluding hydrogens is 288 g/mol. The largest absolute Gasteiger partial charge is 0.491 e. The van der Waals surface area contributed by atoms with Crippen LogP contribution < -0.4 is 10.1 Å². The van der Waals surface area contributed by atoms with Crippen LogP contribution in [0.25, 0.3) is 0 Å². The van der Waals surface area contributed by atoms with Gasteiger partial charge in [-0.1, -0.05) is 11.6 Å². The van der Waals surface area contributed by atoms with E-state index in [2.05, 4.69) is 10.2 Å². The van der Waals surface area contributed by atoms with Crippen LogP contribution in [0.4, 0.5) is 0 Å². The number of halogens is 1. The molecule has 5 heteroatoms. The standard InChI is InChI=1S/C16H25ClN2O2/c1-13-10-15(4-5-16(13)17)21-12-14(20)11-18-6-9-19-7-2-3-8-19/h4-5,10,14,18,20H,2-3,6-9,11-12H2,1H3. The highest BCUT2D eigenvalue weighted by Gasteiger charge is 2.11. The number of aliphatic hydroxyl groups is 1. The molecule has 0 radical (unpaired) electrons. The average molecular weight is 313 g/mol. The highest BCUT2D eigenvalue weighted by atomic mass is 35.5. The Balaban J connectivity index is 1.58. The van der Waals surface area contributed by atoms with Crippen molar-refractivity contribution in [2.24, 2.45) is 0 Å². The van der Waals surface area contributed by atoms with Crippen molar-refractivity contribution in [3.05, 3.63) is 28.8 Å². The minimum Gasteiger partial charge on any atom is -0.491 e. The molecule has 2 rings (SSSR count). The average Bonchev–Trinajstić information content (AvgIpc) is 2.98. The van der Waals surface area contributed by atoms with E-state index in [4.69, 9.17) is 16.3 Å². The molecule has 0 bridgehead atoms. The summed E-state index contributed by atoms with van der Waals surface area (Å²) in [4.78, 5) is 2.45. The first-order valence-electron chi connectivity index (χ1n) is 7.65. The zero-order valence-electron chi connectivity index (χ0n) is 12.6. The molecule has 21 heavy (non-hydrogen) atoms. The SMILES string of the molecule is Cc1cc(OCC(O)CNCCN2CCCC2)ccc1Cl. The number of ether oxygens (including phenoxy) is 1. The van der Waals surface area contributed by atoms with Crippen molar-refractivity contribution in [2.75, 3.05) is 39.3 Å². The maximum Gasteiger partial charge on any atom is 0.119 e. The quantitative estimate of drug-likeness (QED) is 0.721. The van der Waals surface area contributed by atoms with Crippen LogP contribution in [0.2, 0.25) is 5.02 Å². The number of nitrogens with zero attached hydrogens (tertiary/aromatic N) is 1. The van der Waals surface area contributed by atoms with E-state index in [1.54, 1.807) is 0 Å². The molecule has 1 aromatic carbocycles. The number of hydrogen-bond donors (Lipinski definition) is 2. The summed E-state index contributed by atoms with van der Waals surface area (Å²) in [5.74, 6) is 0.744. The lowest BCUT2D eigenvalue weighted by molar-refractivity contribution is 0.106. The van der Waals surface area contributed by atoms with Crippen molar-refractivity contribution in [3.63, 3.8) is 0 Å². The Bertz CT molecular complexity index is 436. The van der Waals surface area contributed by atoms with Crippen LogP contribution >= 0.6 is 11.6 Å². The molecule has 2 N–H and O–H groups in total. The fourth-order valence-corrected chi connectivity index (χ4v) is 2.59. The third-order valence-corrected chi connectivity index (χ3v) is 4.18. The third-order valence-electron chi connectivity index (χ3n) is 3.76. The molecule has 1 aliphatic heterocycles. The second-order valence-electron chi connectivity index (χ2n) is 5.63. The van der Waals surface area contributed by atoms with Gasteiger partial charge in [-0.2, -0.15) is 0 Å². The van der Waals surface area contributed by atoms with Gasteiger partial charge in [-0.15, -0.1) is 0 Å². The monoisotopic (exact) mass is 312 g/mol. The minimum absolute atomic E-state index is 0.289. The van der Waals surface area contributed by atoms with Crippen molar-refractivity contribution < 1.29 is 9.84 Å². The number of hydrogen-bond acceptors (Lipinski definition) is 4. The van der Waals surface area contributed by atoms with Gasteiger partial charge in [0.15, 0.2) is 0 Å². The second kappa shape index (κ2) is 8.59. The number of benzene rings is 1. The summed E-state index contributed by atoms with van der Waals surface area (Å²) in [5, 5.41) is 13.9. The third kappa shape index (κ3) is 5.83. The Hall–Kier alpha value is -0.810. The molecule has 1 aromatic rings. The Morgan fingerprint density at radius 2 is 2.14 bits per heavy atom.